The molecule has 4 rings (SSSR count). The van der Waals surface area contributed by atoms with Crippen LogP contribution in [0.2, 0.25) is 0 Å². The van der Waals surface area contributed by atoms with Crippen molar-refractivity contribution < 1.29 is 13.2 Å². The number of benzene rings is 2. The van der Waals surface area contributed by atoms with E-state index in [-0.39, 0.29) is 23.6 Å². The van der Waals surface area contributed by atoms with Crippen molar-refractivity contribution in [1.82, 2.24) is 15.3 Å². The Kier molecular flexibility index (Phi) is 5.82. The van der Waals surface area contributed by atoms with E-state index in [1.807, 2.05) is 50.2 Å². The molecule has 2 heterocycles. The molecule has 1 atom stereocenters. The van der Waals surface area contributed by atoms with Gasteiger partial charge in [-0.15, -0.1) is 0 Å². The number of fused-ring (bicyclic) bond motifs is 1. The predicted octanol–water partition coefficient (Wildman–Crippen LogP) is 3.63. The number of rotatable bonds is 6. The summed E-state index contributed by atoms with van der Waals surface area (Å²) >= 11 is 0. The van der Waals surface area contributed by atoms with Gasteiger partial charge in [0.2, 0.25) is 15.9 Å². The zero-order chi connectivity index (χ0) is 22.0. The number of hydrogen-bond donors (Lipinski definition) is 2. The molecule has 1 aliphatic heterocycles. The first kappa shape index (κ1) is 21.1. The molecule has 0 aliphatic carbocycles. The van der Waals surface area contributed by atoms with Crippen LogP contribution in [0.5, 0.6) is 0 Å². The Hall–Kier alpha value is -3.13. The molecule has 2 aromatic carbocycles. The van der Waals surface area contributed by atoms with E-state index in [9.17, 15) is 13.2 Å². The molecule has 1 amide bonds. The Morgan fingerprint density at radius 3 is 2.55 bits per heavy atom. The van der Waals surface area contributed by atoms with Crippen molar-refractivity contribution in [3.05, 3.63) is 66.0 Å². The Labute approximate surface area is 182 Å². The number of amides is 1. The minimum Gasteiger partial charge on any atom is -0.342 e. The first-order valence-electron chi connectivity index (χ1n) is 10.4. The van der Waals surface area contributed by atoms with Crippen molar-refractivity contribution in [2.24, 2.45) is 5.92 Å². The molecule has 31 heavy (non-hydrogen) atoms. The molecule has 1 fully saturated rings. The number of sulfonamides is 1. The van der Waals surface area contributed by atoms with Gasteiger partial charge in [-0.2, -0.15) is 0 Å². The summed E-state index contributed by atoms with van der Waals surface area (Å²) in [4.78, 5) is 20.5. The smallest absolute Gasteiger partial charge is 0.244 e. The molecule has 1 aromatic heterocycles. The van der Waals surface area contributed by atoms with Gasteiger partial charge in [0, 0.05) is 12.6 Å². The minimum atomic E-state index is -3.19. The molecule has 3 aromatic rings. The van der Waals surface area contributed by atoms with Gasteiger partial charge in [0.25, 0.3) is 0 Å². The van der Waals surface area contributed by atoms with Gasteiger partial charge in [-0.3, -0.25) is 9.10 Å². The molecule has 7 nitrogen and oxygen atoms in total. The van der Waals surface area contributed by atoms with Crippen molar-refractivity contribution in [3.63, 3.8) is 0 Å². The Morgan fingerprint density at radius 2 is 1.90 bits per heavy atom. The summed E-state index contributed by atoms with van der Waals surface area (Å²) in [5.41, 5.74) is 3.28. The van der Waals surface area contributed by atoms with Crippen molar-refractivity contribution >= 4 is 38.7 Å². The van der Waals surface area contributed by atoms with Gasteiger partial charge in [0.05, 0.1) is 28.5 Å². The quantitative estimate of drug-likeness (QED) is 0.575. The molecular formula is C23H26N4O3S. The first-order chi connectivity index (χ1) is 14.8. The fourth-order valence-electron chi connectivity index (χ4n) is 3.73. The topological polar surface area (TPSA) is 95.2 Å². The van der Waals surface area contributed by atoms with Crippen molar-refractivity contribution in [1.29, 1.82) is 0 Å². The maximum Gasteiger partial charge on any atom is 0.244 e. The van der Waals surface area contributed by atoms with Crippen LogP contribution in [-0.2, 0) is 14.8 Å². The second kappa shape index (κ2) is 8.55. The molecule has 1 saturated heterocycles. The van der Waals surface area contributed by atoms with Gasteiger partial charge >= 0.3 is 0 Å². The maximum absolute atomic E-state index is 12.6. The van der Waals surface area contributed by atoms with E-state index in [4.69, 9.17) is 0 Å². The monoisotopic (exact) mass is 438 g/mol. The lowest BCUT2D eigenvalue weighted by Crippen LogP contribution is -2.31. The van der Waals surface area contributed by atoms with Crippen molar-refractivity contribution in [2.45, 2.75) is 26.3 Å². The molecule has 0 spiro atoms. The van der Waals surface area contributed by atoms with E-state index in [2.05, 4.69) is 15.3 Å². The third-order valence-electron chi connectivity index (χ3n) is 5.37. The SMILES string of the molecule is CC(C)C(NC(=O)/C=C/c1ccc(N2CCCS2(=O)=O)cc1)c1nc2ccccc2[nH]1. The van der Waals surface area contributed by atoms with Gasteiger partial charge in [-0.25, -0.2) is 13.4 Å². The standard InChI is InChI=1S/C23H26N4O3S/c1-16(2)22(23-24-19-6-3-4-7-20(19)25-23)26-21(28)13-10-17-8-11-18(12-9-17)27-14-5-15-31(27,29)30/h3-4,6-13,16,22H,5,14-15H2,1-2H3,(H,24,25)(H,26,28)/b13-10+. The van der Waals surface area contributed by atoms with Crippen LogP contribution >= 0.6 is 0 Å². The fourth-order valence-corrected chi connectivity index (χ4v) is 5.29. The Morgan fingerprint density at radius 1 is 1.16 bits per heavy atom. The fraction of sp³-hybridized carbons (Fsp3) is 0.304. The number of anilines is 1. The first-order valence-corrected chi connectivity index (χ1v) is 12.0. The number of nitrogens with zero attached hydrogens (tertiary/aromatic N) is 2. The van der Waals surface area contributed by atoms with Crippen LogP contribution in [-0.4, -0.2) is 36.6 Å². The van der Waals surface area contributed by atoms with Gasteiger partial charge in [-0.05, 0) is 48.2 Å². The number of aromatic nitrogens is 2. The predicted molar refractivity (Wildman–Crippen MR) is 123 cm³/mol. The van der Waals surface area contributed by atoms with E-state index in [0.29, 0.717) is 18.7 Å². The number of hydrogen-bond acceptors (Lipinski definition) is 4. The number of nitrogens with one attached hydrogen (secondary N) is 2. The zero-order valence-corrected chi connectivity index (χ0v) is 18.4. The van der Waals surface area contributed by atoms with Crippen LogP contribution in [0.15, 0.2) is 54.6 Å². The van der Waals surface area contributed by atoms with Crippen LogP contribution in [0, 0.1) is 5.92 Å². The summed E-state index contributed by atoms with van der Waals surface area (Å²) in [6.07, 6.45) is 3.85. The highest BCUT2D eigenvalue weighted by molar-refractivity contribution is 7.93. The summed E-state index contributed by atoms with van der Waals surface area (Å²) in [5.74, 6) is 0.857. The molecule has 162 valence electrons. The average Bonchev–Trinajstić information content (AvgIpc) is 3.33. The highest BCUT2D eigenvalue weighted by Gasteiger charge is 2.28. The van der Waals surface area contributed by atoms with E-state index in [1.165, 1.54) is 10.4 Å². The number of carbonyl (C=O) groups excluding carboxylic acids is 1. The molecule has 1 aliphatic rings. The lowest BCUT2D eigenvalue weighted by molar-refractivity contribution is -0.117. The highest BCUT2D eigenvalue weighted by atomic mass is 32.2. The second-order valence-corrected chi connectivity index (χ2v) is 10.0. The number of imidazole rings is 1. The number of para-hydroxylation sites is 2. The summed E-state index contributed by atoms with van der Waals surface area (Å²) in [6.45, 7) is 4.58. The van der Waals surface area contributed by atoms with Crippen LogP contribution in [0.4, 0.5) is 5.69 Å². The van der Waals surface area contributed by atoms with Crippen LogP contribution < -0.4 is 9.62 Å². The van der Waals surface area contributed by atoms with Crippen molar-refractivity contribution in [2.75, 3.05) is 16.6 Å². The third-order valence-corrected chi connectivity index (χ3v) is 7.24. The Balaban J connectivity index is 1.44. The average molecular weight is 439 g/mol. The number of H-pyrrole nitrogens is 1. The number of aromatic amines is 1. The molecule has 0 saturated carbocycles. The van der Waals surface area contributed by atoms with Gasteiger partial charge < -0.3 is 10.3 Å². The second-order valence-electron chi connectivity index (χ2n) is 8.04. The van der Waals surface area contributed by atoms with Gasteiger partial charge in [0.1, 0.15) is 5.82 Å². The highest BCUT2D eigenvalue weighted by Crippen LogP contribution is 2.25. The molecule has 0 radical (unpaired) electrons. The van der Waals surface area contributed by atoms with Crippen LogP contribution in [0.25, 0.3) is 17.1 Å². The van der Waals surface area contributed by atoms with Gasteiger partial charge in [0.15, 0.2) is 0 Å². The normalized spacial score (nSPS) is 16.9. The molecular weight excluding hydrogens is 412 g/mol. The van der Waals surface area contributed by atoms with E-state index in [1.54, 1.807) is 18.2 Å². The number of carbonyl (C=O) groups is 1. The van der Waals surface area contributed by atoms with E-state index < -0.39 is 10.0 Å². The van der Waals surface area contributed by atoms with Crippen molar-refractivity contribution in [3.8, 4) is 0 Å². The summed E-state index contributed by atoms with van der Waals surface area (Å²) in [6, 6.07) is 14.7. The summed E-state index contributed by atoms with van der Waals surface area (Å²) < 4.78 is 25.5. The van der Waals surface area contributed by atoms with E-state index in [0.717, 1.165) is 22.4 Å². The van der Waals surface area contributed by atoms with E-state index >= 15 is 0 Å². The lowest BCUT2D eigenvalue weighted by Gasteiger charge is -2.19. The molecule has 2 N–H and O–H groups in total. The van der Waals surface area contributed by atoms with Crippen LogP contribution in [0.3, 0.4) is 0 Å². The lowest BCUT2D eigenvalue weighted by atomic mass is 10.0. The molecule has 8 heteroatoms. The third kappa shape index (κ3) is 4.64. The zero-order valence-electron chi connectivity index (χ0n) is 17.6. The van der Waals surface area contributed by atoms with Crippen LogP contribution in [0.1, 0.15) is 37.7 Å². The molecule has 0 bridgehead atoms. The maximum atomic E-state index is 12.6. The molecule has 1 unspecified atom stereocenters. The summed E-state index contributed by atoms with van der Waals surface area (Å²) in [5, 5.41) is 3.02. The minimum absolute atomic E-state index is 0.152. The van der Waals surface area contributed by atoms with Gasteiger partial charge in [-0.1, -0.05) is 38.1 Å². The summed E-state index contributed by atoms with van der Waals surface area (Å²) in [7, 11) is -3.19. The largest absolute Gasteiger partial charge is 0.342 e. The Bertz CT molecular complexity index is 1180.